The minimum atomic E-state index is -0.198. The van der Waals surface area contributed by atoms with Crippen LogP contribution in [0.4, 0.5) is 10.1 Å². The van der Waals surface area contributed by atoms with Gasteiger partial charge in [-0.25, -0.2) is 4.39 Å². The standard InChI is InChI=1S/C25H33FN2O3/c1-24-7-2-8-25(16-30-25)22(24)13-19-20(23(29)31-21(19)14-24)15-27-9-11-28(12-10-27)18-5-3-17(26)4-6-18/h3-6,19-22H,2,7-16H2,1H3/t19-,20-,21-,22+,24-,25+/m1/s1. The van der Waals surface area contributed by atoms with Crippen molar-refractivity contribution in [2.24, 2.45) is 23.2 Å². The molecule has 5 nitrogen and oxygen atoms in total. The fourth-order valence-corrected chi connectivity index (χ4v) is 7.28. The summed E-state index contributed by atoms with van der Waals surface area (Å²) in [7, 11) is 0. The molecular formula is C25H33FN2O3. The molecule has 3 aliphatic heterocycles. The first-order valence-corrected chi connectivity index (χ1v) is 12.0. The molecule has 6 heteroatoms. The maximum atomic E-state index is 13.2. The molecule has 31 heavy (non-hydrogen) atoms. The number of piperazine rings is 1. The Morgan fingerprint density at radius 1 is 1.13 bits per heavy atom. The van der Waals surface area contributed by atoms with E-state index in [1.807, 2.05) is 12.1 Å². The highest BCUT2D eigenvalue weighted by Crippen LogP contribution is 2.62. The third-order valence-electron chi connectivity index (χ3n) is 9.10. The second-order valence-electron chi connectivity index (χ2n) is 10.9. The number of carbonyl (C=O) groups excluding carboxylic acids is 1. The molecule has 1 spiro atoms. The molecule has 5 aliphatic rings. The molecule has 6 rings (SSSR count). The summed E-state index contributed by atoms with van der Waals surface area (Å²) >= 11 is 0. The van der Waals surface area contributed by atoms with Crippen molar-refractivity contribution in [2.75, 3.05) is 44.2 Å². The predicted octanol–water partition coefficient (Wildman–Crippen LogP) is 3.47. The van der Waals surface area contributed by atoms with Gasteiger partial charge in [-0.15, -0.1) is 0 Å². The highest BCUT2D eigenvalue weighted by Gasteiger charge is 2.65. The van der Waals surface area contributed by atoms with Crippen molar-refractivity contribution in [2.45, 2.75) is 50.7 Å². The summed E-state index contributed by atoms with van der Waals surface area (Å²) in [6, 6.07) is 6.75. The molecule has 1 aromatic rings. The summed E-state index contributed by atoms with van der Waals surface area (Å²) in [5, 5.41) is 0. The normalized spacial score (nSPS) is 42.3. The number of halogens is 1. The van der Waals surface area contributed by atoms with E-state index < -0.39 is 0 Å². The van der Waals surface area contributed by atoms with Crippen molar-refractivity contribution in [1.82, 2.24) is 4.90 Å². The van der Waals surface area contributed by atoms with Gasteiger partial charge in [0.05, 0.1) is 18.1 Å². The SMILES string of the molecule is C[C@]12CCC[C@]3(CO3)[C@H]1C[C@H]1[C@@H](C2)OC(=O)[C@@H]1CN1CCN(c2ccc(F)cc2)CC1. The quantitative estimate of drug-likeness (QED) is 0.545. The van der Waals surface area contributed by atoms with Crippen LogP contribution in [0.3, 0.4) is 0 Å². The van der Waals surface area contributed by atoms with E-state index in [1.54, 1.807) is 0 Å². The highest BCUT2D eigenvalue weighted by atomic mass is 19.1. The Morgan fingerprint density at radius 2 is 1.87 bits per heavy atom. The lowest BCUT2D eigenvalue weighted by Gasteiger charge is -2.51. The van der Waals surface area contributed by atoms with E-state index in [4.69, 9.17) is 9.47 Å². The summed E-state index contributed by atoms with van der Waals surface area (Å²) in [5.74, 6) is 0.715. The van der Waals surface area contributed by atoms with Gasteiger partial charge in [-0.3, -0.25) is 9.69 Å². The van der Waals surface area contributed by atoms with E-state index in [-0.39, 0.29) is 34.8 Å². The summed E-state index contributed by atoms with van der Waals surface area (Å²) in [6.45, 7) is 7.77. The van der Waals surface area contributed by atoms with E-state index in [1.165, 1.54) is 31.4 Å². The van der Waals surface area contributed by atoms with Crippen LogP contribution in [0, 0.1) is 29.0 Å². The zero-order valence-corrected chi connectivity index (χ0v) is 18.4. The molecule has 0 radical (unpaired) electrons. The average molecular weight is 429 g/mol. The lowest BCUT2D eigenvalue weighted by atomic mass is 9.53. The van der Waals surface area contributed by atoms with Gasteiger partial charge in [-0.05, 0) is 67.7 Å². The van der Waals surface area contributed by atoms with Gasteiger partial charge in [-0.1, -0.05) is 6.92 Å². The first-order valence-electron chi connectivity index (χ1n) is 12.0. The van der Waals surface area contributed by atoms with Crippen molar-refractivity contribution < 1.29 is 18.7 Å². The number of anilines is 1. The third-order valence-corrected chi connectivity index (χ3v) is 9.10. The van der Waals surface area contributed by atoms with Gasteiger partial charge in [0.15, 0.2) is 0 Å². The fraction of sp³-hybridized carbons (Fsp3) is 0.720. The number of benzene rings is 1. The van der Waals surface area contributed by atoms with Crippen LogP contribution >= 0.6 is 0 Å². The number of hydrogen-bond acceptors (Lipinski definition) is 5. The van der Waals surface area contributed by atoms with Crippen molar-refractivity contribution in [3.05, 3.63) is 30.1 Å². The van der Waals surface area contributed by atoms with Crippen LogP contribution in [0.2, 0.25) is 0 Å². The van der Waals surface area contributed by atoms with Crippen LogP contribution in [0.1, 0.15) is 39.0 Å². The Kier molecular flexibility index (Phi) is 4.62. The molecule has 0 amide bonds. The van der Waals surface area contributed by atoms with Crippen LogP contribution in [0.25, 0.3) is 0 Å². The molecule has 0 aromatic heterocycles. The molecule has 0 N–H and O–H groups in total. The summed E-state index contributed by atoms with van der Waals surface area (Å²) < 4.78 is 25.2. The van der Waals surface area contributed by atoms with Crippen LogP contribution in [-0.4, -0.2) is 61.9 Å². The number of carbonyl (C=O) groups is 1. The van der Waals surface area contributed by atoms with Crippen LogP contribution in [0.5, 0.6) is 0 Å². The number of esters is 1. The minimum absolute atomic E-state index is 0.00959. The van der Waals surface area contributed by atoms with Crippen molar-refractivity contribution in [1.29, 1.82) is 0 Å². The van der Waals surface area contributed by atoms with Gasteiger partial charge in [0.1, 0.15) is 11.9 Å². The van der Waals surface area contributed by atoms with E-state index in [0.717, 1.165) is 57.9 Å². The van der Waals surface area contributed by atoms with E-state index >= 15 is 0 Å². The number of nitrogens with zero attached hydrogens (tertiary/aromatic N) is 2. The second-order valence-corrected chi connectivity index (χ2v) is 10.9. The summed E-state index contributed by atoms with van der Waals surface area (Å²) in [6.07, 6.45) is 5.84. The molecule has 2 saturated carbocycles. The molecule has 168 valence electrons. The molecule has 5 fully saturated rings. The van der Waals surface area contributed by atoms with E-state index in [9.17, 15) is 9.18 Å². The molecule has 2 aliphatic carbocycles. The monoisotopic (exact) mass is 428 g/mol. The molecular weight excluding hydrogens is 395 g/mol. The van der Waals surface area contributed by atoms with Crippen LogP contribution in [-0.2, 0) is 14.3 Å². The zero-order chi connectivity index (χ0) is 21.2. The smallest absolute Gasteiger partial charge is 0.310 e. The molecule has 0 unspecified atom stereocenters. The Morgan fingerprint density at radius 3 is 2.58 bits per heavy atom. The van der Waals surface area contributed by atoms with Gasteiger partial charge in [0.25, 0.3) is 0 Å². The van der Waals surface area contributed by atoms with E-state index in [0.29, 0.717) is 11.8 Å². The Labute approximate surface area is 183 Å². The fourth-order valence-electron chi connectivity index (χ4n) is 7.28. The number of epoxide rings is 1. The number of fused-ring (bicyclic) bond motifs is 3. The Balaban J connectivity index is 1.11. The highest BCUT2D eigenvalue weighted by molar-refractivity contribution is 5.75. The van der Waals surface area contributed by atoms with Gasteiger partial charge in [-0.2, -0.15) is 0 Å². The number of hydrogen-bond donors (Lipinski definition) is 0. The molecule has 3 heterocycles. The first kappa shape index (κ1) is 20.0. The van der Waals surface area contributed by atoms with Crippen molar-refractivity contribution in [3.63, 3.8) is 0 Å². The van der Waals surface area contributed by atoms with E-state index in [2.05, 4.69) is 16.7 Å². The van der Waals surface area contributed by atoms with Crippen LogP contribution in [0.15, 0.2) is 24.3 Å². The Bertz CT molecular complexity index is 849. The number of ether oxygens (including phenoxy) is 2. The first-order chi connectivity index (χ1) is 15.0. The van der Waals surface area contributed by atoms with Gasteiger partial charge in [0.2, 0.25) is 0 Å². The average Bonchev–Trinajstić information content (AvgIpc) is 3.46. The molecule has 1 aromatic carbocycles. The van der Waals surface area contributed by atoms with Crippen LogP contribution < -0.4 is 4.90 Å². The maximum absolute atomic E-state index is 13.2. The third kappa shape index (κ3) is 3.37. The zero-order valence-electron chi connectivity index (χ0n) is 18.4. The van der Waals surface area contributed by atoms with Gasteiger partial charge < -0.3 is 14.4 Å². The minimum Gasteiger partial charge on any atom is -0.462 e. The van der Waals surface area contributed by atoms with Gasteiger partial charge >= 0.3 is 5.97 Å². The Hall–Kier alpha value is -1.66. The predicted molar refractivity (Wildman–Crippen MR) is 115 cm³/mol. The molecule has 3 saturated heterocycles. The van der Waals surface area contributed by atoms with Crippen molar-refractivity contribution >= 4 is 11.7 Å². The number of rotatable bonds is 3. The lowest BCUT2D eigenvalue weighted by molar-refractivity contribution is -0.147. The largest absolute Gasteiger partial charge is 0.462 e. The topological polar surface area (TPSA) is 45.3 Å². The lowest BCUT2D eigenvalue weighted by Crippen LogP contribution is -2.52. The van der Waals surface area contributed by atoms with Crippen molar-refractivity contribution in [3.8, 4) is 0 Å². The maximum Gasteiger partial charge on any atom is 0.310 e. The molecule has 0 bridgehead atoms. The second kappa shape index (κ2) is 7.17. The van der Waals surface area contributed by atoms with Gasteiger partial charge in [0, 0.05) is 44.3 Å². The molecule has 6 atom stereocenters. The summed E-state index contributed by atoms with van der Waals surface area (Å²) in [4.78, 5) is 17.6. The summed E-state index contributed by atoms with van der Waals surface area (Å²) in [5.41, 5.74) is 1.43.